The highest BCUT2D eigenvalue weighted by Crippen LogP contribution is 2.35. The van der Waals surface area contributed by atoms with Crippen molar-refractivity contribution in [2.75, 3.05) is 0 Å². The maximum absolute atomic E-state index is 3.02. The lowest BCUT2D eigenvalue weighted by Crippen LogP contribution is -2.74. The Labute approximate surface area is 414 Å². The second-order valence-electron chi connectivity index (χ2n) is 18.3. The molecule has 0 aliphatic carbocycles. The van der Waals surface area contributed by atoms with Crippen molar-refractivity contribution < 1.29 is 0 Å². The Bertz CT molecular complexity index is 3870. The van der Waals surface area contributed by atoms with Crippen LogP contribution in [0.4, 0.5) is 0 Å². The number of fused-ring (bicyclic) bond motifs is 6. The summed E-state index contributed by atoms with van der Waals surface area (Å²) in [5.41, 5.74) is 6.01. The maximum atomic E-state index is 2.54. The van der Waals surface area contributed by atoms with Crippen molar-refractivity contribution in [3.05, 3.63) is 285 Å². The zero-order valence-corrected chi connectivity index (χ0v) is 41.3. The van der Waals surface area contributed by atoms with Crippen molar-refractivity contribution in [1.29, 1.82) is 0 Å². The summed E-state index contributed by atoms with van der Waals surface area (Å²) in [4.78, 5) is 0. The van der Waals surface area contributed by atoms with Gasteiger partial charge < -0.3 is 4.57 Å². The second-order valence-corrected chi connectivity index (χ2v) is 27.1. The van der Waals surface area contributed by atoms with Gasteiger partial charge in [0.2, 0.25) is 0 Å². The Kier molecular flexibility index (Phi) is 10.5. The quantitative estimate of drug-likeness (QED) is 0.0951. The maximum Gasteiger partial charge on any atom is 0.179 e. The first-order valence-corrected chi connectivity index (χ1v) is 29.0. The van der Waals surface area contributed by atoms with Gasteiger partial charge >= 0.3 is 0 Å². The number of aromatic nitrogens is 1. The molecule has 330 valence electrons. The van der Waals surface area contributed by atoms with Crippen LogP contribution < -0.4 is 41.5 Å². The van der Waals surface area contributed by atoms with Gasteiger partial charge in [0.1, 0.15) is 0 Å². The molecule has 0 radical (unpaired) electrons. The molecule has 4 heteroatoms. The van der Waals surface area contributed by atoms with Gasteiger partial charge in [-0.05, 0) is 89.0 Å². The molecule has 0 saturated carbocycles. The van der Waals surface area contributed by atoms with E-state index in [4.69, 9.17) is 0 Å². The van der Waals surface area contributed by atoms with Gasteiger partial charge in [-0.3, -0.25) is 0 Å². The highest BCUT2D eigenvalue weighted by Gasteiger charge is 2.43. The SMILES string of the molecule is c1ccc(-n2c3ccccc3c3cc([Si](c4ccccc4)(c4ccc(-c5ccc([Si](c6ccccc6)(c6ccccc6)c6ccccc6)cc5)cc4)c4ccc5sc6ccccc6c5c4)ccc32)cc1. The molecule has 70 heavy (non-hydrogen) atoms. The Hall–Kier alpha value is -8.13. The summed E-state index contributed by atoms with van der Waals surface area (Å²) in [6.07, 6.45) is 0. The summed E-state index contributed by atoms with van der Waals surface area (Å²) >= 11 is 1.89. The predicted molar refractivity (Wildman–Crippen MR) is 306 cm³/mol. The van der Waals surface area contributed by atoms with E-state index in [9.17, 15) is 0 Å². The number of para-hydroxylation sites is 2. The van der Waals surface area contributed by atoms with Crippen LogP contribution in [0.25, 0.3) is 58.8 Å². The van der Waals surface area contributed by atoms with E-state index < -0.39 is 16.1 Å². The molecule has 0 aliphatic rings. The number of hydrogen-bond acceptors (Lipinski definition) is 1. The van der Waals surface area contributed by atoms with Crippen LogP contribution in [0.1, 0.15) is 0 Å². The molecular weight excluding hydrogens is 895 g/mol. The third-order valence-corrected chi connectivity index (χ3v) is 25.4. The molecule has 2 heterocycles. The summed E-state index contributed by atoms with van der Waals surface area (Å²) < 4.78 is 5.07. The van der Waals surface area contributed by atoms with Gasteiger partial charge in [0.15, 0.2) is 16.1 Å². The van der Waals surface area contributed by atoms with Crippen LogP contribution in [-0.4, -0.2) is 20.7 Å². The highest BCUT2D eigenvalue weighted by atomic mass is 32.1. The lowest BCUT2D eigenvalue weighted by Gasteiger charge is -2.35. The smallest absolute Gasteiger partial charge is 0.179 e. The van der Waals surface area contributed by atoms with Crippen LogP contribution in [0.15, 0.2) is 285 Å². The number of nitrogens with zero attached hydrogens (tertiary/aromatic N) is 1. The first-order valence-electron chi connectivity index (χ1n) is 24.2. The zero-order valence-electron chi connectivity index (χ0n) is 38.5. The standard InChI is InChI=1S/C66H47NSSi2/c1-6-20-50(21-7-1)67-63-32-18-16-30-59(63)61-46-57(42-44-64(61)67)70(54-28-14-5-15-29-54,58-43-45-66-62(47-58)60-31-17-19-33-65(60)68-66)56-40-36-49(37-41-56)48-34-38-55(39-35-48)69(51-22-8-2-9-23-51,52-24-10-3-11-25-52)53-26-12-4-13-27-53/h1-47H. The molecule has 2 aromatic heterocycles. The van der Waals surface area contributed by atoms with E-state index in [1.54, 1.807) is 0 Å². The summed E-state index contributed by atoms with van der Waals surface area (Å²) in [5, 5.41) is 16.1. The molecule has 11 aromatic carbocycles. The second kappa shape index (κ2) is 17.4. The molecule has 0 saturated heterocycles. The first kappa shape index (κ1) is 42.0. The van der Waals surface area contributed by atoms with E-state index in [2.05, 4.69) is 290 Å². The molecule has 0 bridgehead atoms. The fourth-order valence-electron chi connectivity index (χ4n) is 11.6. The van der Waals surface area contributed by atoms with Crippen LogP contribution in [0.2, 0.25) is 0 Å². The summed E-state index contributed by atoms with van der Waals surface area (Å²) in [6.45, 7) is 0. The third-order valence-electron chi connectivity index (χ3n) is 14.7. The largest absolute Gasteiger partial charge is 0.309 e. The molecule has 1 nitrogen and oxygen atoms in total. The van der Waals surface area contributed by atoms with E-state index in [1.807, 2.05) is 11.3 Å². The average molecular weight is 942 g/mol. The zero-order chi connectivity index (χ0) is 46.5. The van der Waals surface area contributed by atoms with Crippen LogP contribution in [0.5, 0.6) is 0 Å². The van der Waals surface area contributed by atoms with E-state index in [0.717, 1.165) is 0 Å². The Balaban J connectivity index is 1.01. The van der Waals surface area contributed by atoms with E-state index in [0.29, 0.717) is 0 Å². The van der Waals surface area contributed by atoms with Crippen LogP contribution in [0.3, 0.4) is 0 Å². The summed E-state index contributed by atoms with van der Waals surface area (Å²) in [5.74, 6) is 0. The van der Waals surface area contributed by atoms with Crippen molar-refractivity contribution in [3.63, 3.8) is 0 Å². The van der Waals surface area contributed by atoms with E-state index in [-0.39, 0.29) is 0 Å². The fourth-order valence-corrected chi connectivity index (χ4v) is 22.2. The Morgan fingerprint density at radius 3 is 1.13 bits per heavy atom. The minimum Gasteiger partial charge on any atom is -0.309 e. The van der Waals surface area contributed by atoms with Crippen LogP contribution in [-0.2, 0) is 0 Å². The molecule has 13 rings (SSSR count). The summed E-state index contributed by atoms with van der Waals surface area (Å²) in [6, 6.07) is 107. The summed E-state index contributed by atoms with van der Waals surface area (Å²) in [7, 11) is -5.67. The molecule has 13 aromatic rings. The van der Waals surface area contributed by atoms with E-state index >= 15 is 0 Å². The minimum absolute atomic E-state index is 1.17. The predicted octanol–water partition coefficient (Wildman–Crippen LogP) is 11.6. The van der Waals surface area contributed by atoms with E-state index in [1.165, 1.54) is 100 Å². The van der Waals surface area contributed by atoms with Gasteiger partial charge in [-0.25, -0.2) is 0 Å². The van der Waals surface area contributed by atoms with Gasteiger partial charge in [0.25, 0.3) is 0 Å². The van der Waals surface area contributed by atoms with Gasteiger partial charge in [-0.1, -0.05) is 249 Å². The minimum atomic E-state index is -3.02. The molecule has 0 amide bonds. The molecule has 0 aliphatic heterocycles. The van der Waals surface area contributed by atoms with Gasteiger partial charge in [-0.15, -0.1) is 11.3 Å². The molecule has 1 unspecified atom stereocenters. The van der Waals surface area contributed by atoms with Crippen molar-refractivity contribution >= 4 is 111 Å². The first-order chi connectivity index (χ1) is 34.7. The molecule has 1 atom stereocenters. The number of thiophene rings is 1. The van der Waals surface area contributed by atoms with Crippen LogP contribution in [0, 0.1) is 0 Å². The number of hydrogen-bond donors (Lipinski definition) is 0. The monoisotopic (exact) mass is 941 g/mol. The Morgan fingerprint density at radius 2 is 0.600 bits per heavy atom. The van der Waals surface area contributed by atoms with Crippen molar-refractivity contribution in [2.24, 2.45) is 0 Å². The fraction of sp³-hybridized carbons (Fsp3) is 0. The lowest BCUT2D eigenvalue weighted by molar-refractivity contribution is 1.18. The third kappa shape index (κ3) is 6.71. The van der Waals surface area contributed by atoms with Crippen molar-refractivity contribution in [2.45, 2.75) is 0 Å². The Morgan fingerprint density at radius 1 is 0.243 bits per heavy atom. The molecule has 0 fully saturated rings. The van der Waals surface area contributed by atoms with Crippen molar-refractivity contribution in [3.8, 4) is 16.8 Å². The van der Waals surface area contributed by atoms with Gasteiger partial charge in [-0.2, -0.15) is 0 Å². The van der Waals surface area contributed by atoms with Gasteiger partial charge in [0.05, 0.1) is 11.0 Å². The van der Waals surface area contributed by atoms with Crippen molar-refractivity contribution in [1.82, 2.24) is 4.57 Å². The molecule has 0 spiro atoms. The van der Waals surface area contributed by atoms with Gasteiger partial charge in [0, 0.05) is 36.6 Å². The van der Waals surface area contributed by atoms with Crippen LogP contribution >= 0.6 is 11.3 Å². The normalized spacial score (nSPS) is 12.7. The lowest BCUT2D eigenvalue weighted by atomic mass is 10.1. The molecular formula is C66H47NSSi2. The highest BCUT2D eigenvalue weighted by molar-refractivity contribution is 7.26. The topological polar surface area (TPSA) is 4.93 Å². The number of benzene rings is 11. The number of rotatable bonds is 10. The average Bonchev–Trinajstić information content (AvgIpc) is 3.99. The molecule has 0 N–H and O–H groups in total.